The molecule has 4 unspecified atom stereocenters. The highest BCUT2D eigenvalue weighted by Gasteiger charge is 2.52. The van der Waals surface area contributed by atoms with Crippen LogP contribution in [0.5, 0.6) is 0 Å². The van der Waals surface area contributed by atoms with E-state index in [4.69, 9.17) is 9.47 Å². The van der Waals surface area contributed by atoms with Gasteiger partial charge in [-0.25, -0.2) is 9.59 Å². The number of esters is 2. The van der Waals surface area contributed by atoms with Gasteiger partial charge in [0.2, 0.25) is 0 Å². The van der Waals surface area contributed by atoms with Crippen molar-refractivity contribution in [2.24, 2.45) is 17.8 Å². The normalized spacial score (nSPS) is 25.9. The van der Waals surface area contributed by atoms with Gasteiger partial charge in [0.15, 0.2) is 0 Å². The minimum Gasteiger partial charge on any atom is -0.454 e. The molecule has 0 saturated heterocycles. The van der Waals surface area contributed by atoms with Gasteiger partial charge < -0.3 is 9.47 Å². The van der Waals surface area contributed by atoms with Crippen LogP contribution in [-0.2, 0) is 9.47 Å². The molecule has 5 rings (SSSR count). The molecule has 2 aliphatic carbocycles. The summed E-state index contributed by atoms with van der Waals surface area (Å²) < 4.78 is 12.7. The third-order valence-electron chi connectivity index (χ3n) is 7.98. The lowest BCUT2D eigenvalue weighted by atomic mass is 9.60. The van der Waals surface area contributed by atoms with E-state index in [0.717, 1.165) is 22.3 Å². The van der Waals surface area contributed by atoms with Crippen molar-refractivity contribution in [3.63, 3.8) is 0 Å². The molecule has 0 N–H and O–H groups in total. The van der Waals surface area contributed by atoms with E-state index >= 15 is 0 Å². The summed E-state index contributed by atoms with van der Waals surface area (Å²) in [5, 5.41) is 0. The third-order valence-corrected chi connectivity index (χ3v) is 7.98. The van der Waals surface area contributed by atoms with Crippen LogP contribution in [0.25, 0.3) is 0 Å². The van der Waals surface area contributed by atoms with Gasteiger partial charge in [0.05, 0.1) is 11.1 Å². The number of fused-ring (bicyclic) bond motifs is 1. The molecular weight excluding hydrogens is 472 g/mol. The number of benzene rings is 3. The van der Waals surface area contributed by atoms with E-state index < -0.39 is 24.1 Å². The molecule has 38 heavy (non-hydrogen) atoms. The maximum Gasteiger partial charge on any atom is 0.338 e. The molecular formula is C34H34O4. The van der Waals surface area contributed by atoms with Gasteiger partial charge in [0.25, 0.3) is 0 Å². The van der Waals surface area contributed by atoms with Crippen LogP contribution < -0.4 is 0 Å². The minimum absolute atomic E-state index is 0.0643. The highest BCUT2D eigenvalue weighted by molar-refractivity contribution is 5.90. The van der Waals surface area contributed by atoms with Crippen molar-refractivity contribution in [2.45, 2.75) is 45.8 Å². The number of hydrogen-bond donors (Lipinski definition) is 0. The monoisotopic (exact) mass is 506 g/mol. The molecule has 194 valence electrons. The van der Waals surface area contributed by atoms with E-state index in [1.54, 1.807) is 12.1 Å². The third kappa shape index (κ3) is 5.08. The summed E-state index contributed by atoms with van der Waals surface area (Å²) in [5.41, 5.74) is 5.18. The zero-order valence-electron chi connectivity index (χ0n) is 22.3. The Hall–Kier alpha value is -3.92. The number of carbonyl (C=O) groups excluding carboxylic acids is 2. The molecule has 0 radical (unpaired) electrons. The highest BCUT2D eigenvalue weighted by atomic mass is 16.6. The Kier molecular flexibility index (Phi) is 7.33. The van der Waals surface area contributed by atoms with Crippen LogP contribution in [0.3, 0.4) is 0 Å². The second-order valence-electron chi connectivity index (χ2n) is 10.6. The van der Waals surface area contributed by atoms with E-state index in [0.29, 0.717) is 11.1 Å². The minimum atomic E-state index is -0.662. The van der Waals surface area contributed by atoms with E-state index in [1.165, 1.54) is 0 Å². The fraction of sp³-hybridized carbons (Fsp3) is 0.294. The first-order valence-corrected chi connectivity index (χ1v) is 13.3. The van der Waals surface area contributed by atoms with Gasteiger partial charge in [-0.2, -0.15) is 0 Å². The molecule has 0 bridgehead atoms. The Morgan fingerprint density at radius 1 is 0.658 bits per heavy atom. The Morgan fingerprint density at radius 3 is 1.79 bits per heavy atom. The van der Waals surface area contributed by atoms with Crippen LogP contribution in [0.15, 0.2) is 97.1 Å². The Bertz CT molecular complexity index is 1400. The Morgan fingerprint density at radius 2 is 1.21 bits per heavy atom. The lowest BCUT2D eigenvalue weighted by Gasteiger charge is -2.49. The van der Waals surface area contributed by atoms with Crippen molar-refractivity contribution < 1.29 is 19.1 Å². The molecule has 4 nitrogen and oxygen atoms in total. The summed E-state index contributed by atoms with van der Waals surface area (Å²) >= 11 is 0. The van der Waals surface area contributed by atoms with Crippen molar-refractivity contribution >= 4 is 11.9 Å². The van der Waals surface area contributed by atoms with Crippen LogP contribution in [-0.4, -0.2) is 24.1 Å². The Labute approximate surface area is 225 Å². The molecule has 0 amide bonds. The first-order valence-electron chi connectivity index (χ1n) is 13.3. The molecule has 3 aromatic carbocycles. The van der Waals surface area contributed by atoms with Gasteiger partial charge in [0, 0.05) is 11.8 Å². The number of hydrogen-bond acceptors (Lipinski definition) is 4. The summed E-state index contributed by atoms with van der Waals surface area (Å²) in [5.74, 6) is -0.822. The van der Waals surface area contributed by atoms with E-state index in [2.05, 4.69) is 50.3 Å². The van der Waals surface area contributed by atoms with E-state index in [9.17, 15) is 9.59 Å². The van der Waals surface area contributed by atoms with Crippen molar-refractivity contribution in [1.29, 1.82) is 0 Å². The summed E-state index contributed by atoms with van der Waals surface area (Å²) in [6.07, 6.45) is 7.25. The van der Waals surface area contributed by atoms with Crippen LogP contribution >= 0.6 is 0 Å². The largest absolute Gasteiger partial charge is 0.454 e. The smallest absolute Gasteiger partial charge is 0.338 e. The zero-order chi connectivity index (χ0) is 26.8. The molecule has 3 aromatic rings. The molecule has 1 fully saturated rings. The topological polar surface area (TPSA) is 52.6 Å². The molecule has 4 heteroatoms. The molecule has 0 spiro atoms. The second-order valence-corrected chi connectivity index (χ2v) is 10.6. The summed E-state index contributed by atoms with van der Waals surface area (Å²) in [4.78, 5) is 27.0. The number of aryl methyl sites for hydroxylation is 3. The summed E-state index contributed by atoms with van der Waals surface area (Å²) in [7, 11) is 0. The average Bonchev–Trinajstić information content (AvgIpc) is 2.91. The summed E-state index contributed by atoms with van der Waals surface area (Å²) in [6, 6.07) is 23.0. The van der Waals surface area contributed by atoms with Gasteiger partial charge in [-0.1, -0.05) is 90.9 Å². The molecule has 0 heterocycles. The van der Waals surface area contributed by atoms with Crippen LogP contribution in [0, 0.1) is 38.5 Å². The molecule has 0 aromatic heterocycles. The van der Waals surface area contributed by atoms with Crippen molar-refractivity contribution in [1.82, 2.24) is 0 Å². The average molecular weight is 507 g/mol. The highest BCUT2D eigenvalue weighted by Crippen LogP contribution is 2.50. The van der Waals surface area contributed by atoms with Gasteiger partial charge in [0.1, 0.15) is 12.2 Å². The maximum absolute atomic E-state index is 13.5. The van der Waals surface area contributed by atoms with E-state index in [1.807, 2.05) is 62.4 Å². The molecule has 6 atom stereocenters. The van der Waals surface area contributed by atoms with Crippen LogP contribution in [0.1, 0.15) is 55.8 Å². The second kappa shape index (κ2) is 10.8. The van der Waals surface area contributed by atoms with Crippen LogP contribution in [0.2, 0.25) is 0 Å². The van der Waals surface area contributed by atoms with Crippen molar-refractivity contribution in [3.8, 4) is 0 Å². The Balaban J connectivity index is 1.59. The fourth-order valence-electron chi connectivity index (χ4n) is 6.06. The first-order chi connectivity index (χ1) is 18.3. The quantitative estimate of drug-likeness (QED) is 0.345. The maximum atomic E-state index is 13.5. The van der Waals surface area contributed by atoms with E-state index in [-0.39, 0.29) is 23.7 Å². The summed E-state index contributed by atoms with van der Waals surface area (Å²) in [6.45, 7) is 8.07. The number of ether oxygens (including phenoxy) is 2. The molecule has 0 aliphatic heterocycles. The predicted octanol–water partition coefficient (Wildman–Crippen LogP) is 7.15. The lowest BCUT2D eigenvalue weighted by molar-refractivity contribution is -0.0996. The van der Waals surface area contributed by atoms with Gasteiger partial charge >= 0.3 is 11.9 Å². The van der Waals surface area contributed by atoms with Crippen molar-refractivity contribution in [3.05, 3.63) is 130 Å². The van der Waals surface area contributed by atoms with Crippen molar-refractivity contribution in [2.75, 3.05) is 0 Å². The van der Waals surface area contributed by atoms with Gasteiger partial charge in [-0.3, -0.25) is 0 Å². The SMILES string of the molecule is Cc1cccc(C(=O)OC2C(C)[C@@H]3C=CC=CC3[C@H](c3ccccc3C)C2OC(=O)c2cccc(C)c2)c1. The number of allylic oxidation sites excluding steroid dienone is 4. The van der Waals surface area contributed by atoms with Crippen LogP contribution in [0.4, 0.5) is 0 Å². The van der Waals surface area contributed by atoms with Gasteiger partial charge in [-0.05, 0) is 68.0 Å². The lowest BCUT2D eigenvalue weighted by Crippen LogP contribution is -2.53. The zero-order valence-corrected chi connectivity index (χ0v) is 22.3. The number of rotatable bonds is 5. The first kappa shape index (κ1) is 25.7. The number of carbonyl (C=O) groups is 2. The molecule has 1 saturated carbocycles. The fourth-order valence-corrected chi connectivity index (χ4v) is 6.06. The predicted molar refractivity (Wildman–Crippen MR) is 149 cm³/mol. The molecule has 2 aliphatic rings. The standard InChI is InChI=1S/C34H34O4/c1-21-11-9-14-25(19-21)33(35)37-31-24(4)28-17-7-8-18-29(28)30(27-16-6-5-13-23(27)3)32(31)38-34(36)26-15-10-12-22(2)20-26/h5-20,24,28-32H,1-4H3/t24?,28-,29?,30-,31?,32?/m0/s1. The van der Waals surface area contributed by atoms with Gasteiger partial charge in [-0.15, -0.1) is 0 Å².